The van der Waals surface area contributed by atoms with Gasteiger partial charge in [-0.1, -0.05) is 123 Å². The van der Waals surface area contributed by atoms with Crippen molar-refractivity contribution in [2.24, 2.45) is 14.1 Å². The summed E-state index contributed by atoms with van der Waals surface area (Å²) in [5.74, 6) is -1.38. The molecule has 0 radical (unpaired) electrons. The predicted molar refractivity (Wildman–Crippen MR) is 335 cm³/mol. The maximum absolute atomic E-state index is 13.7. The first-order valence-corrected chi connectivity index (χ1v) is 30.0. The SMILES string of the molecule is CO[C@H]1C[C@@H](c2cc(CCC(=O)O)on2)N(C(=O)Cc2cc(Cl)c(NC(=O)c3cn(C)c4ccccc34)cc2Cl)C1.CO[C@H]1C[C@@H](c2cc(CCC(=O)OCc3ccccc3)on2)N(C(=O)Cc2cc(Cl)c(NC(=O)c3cn(C)c4ccccc34)cc2Cl)C1. The first-order chi connectivity index (χ1) is 42.8. The van der Waals surface area contributed by atoms with E-state index in [4.69, 9.17) is 74.8 Å². The van der Waals surface area contributed by atoms with Crippen LogP contribution in [-0.2, 0) is 79.8 Å². The van der Waals surface area contributed by atoms with Gasteiger partial charge in [-0.15, -0.1) is 0 Å². The number of hydrogen-bond acceptors (Lipinski definition) is 13. The summed E-state index contributed by atoms with van der Waals surface area (Å²) >= 11 is 26.3. The average molecular weight is 1290 g/mol. The van der Waals surface area contributed by atoms with Gasteiger partial charge in [0.2, 0.25) is 11.8 Å². The topological polar surface area (TPSA) is 243 Å². The molecular formula is C65H62Cl4N8O12. The third-order valence-electron chi connectivity index (χ3n) is 15.8. The van der Waals surface area contributed by atoms with Gasteiger partial charge in [0.15, 0.2) is 0 Å². The maximum Gasteiger partial charge on any atom is 0.306 e. The predicted octanol–water partition coefficient (Wildman–Crippen LogP) is 12.2. The molecule has 4 atom stereocenters. The summed E-state index contributed by atoms with van der Waals surface area (Å²) in [7, 11) is 6.93. The number of carbonyl (C=O) groups excluding carboxylic acids is 5. The Morgan fingerprint density at radius 1 is 0.584 bits per heavy atom. The molecular weight excluding hydrogens is 1230 g/mol. The second-order valence-electron chi connectivity index (χ2n) is 21.7. The number of carboxylic acid groups (broad SMARTS) is 1. The highest BCUT2D eigenvalue weighted by molar-refractivity contribution is 6.37. The number of para-hydroxylation sites is 2. The number of anilines is 2. The lowest BCUT2D eigenvalue weighted by molar-refractivity contribution is -0.145. The van der Waals surface area contributed by atoms with Gasteiger partial charge in [-0.05, 0) is 53.1 Å². The van der Waals surface area contributed by atoms with Crippen molar-refractivity contribution in [1.29, 1.82) is 0 Å². The van der Waals surface area contributed by atoms with Crippen molar-refractivity contribution in [3.8, 4) is 0 Å². The number of aliphatic carboxylic acids is 1. The van der Waals surface area contributed by atoms with Gasteiger partial charge in [-0.2, -0.15) is 0 Å². The van der Waals surface area contributed by atoms with Crippen LogP contribution in [-0.4, -0.2) is 109 Å². The van der Waals surface area contributed by atoms with Crippen molar-refractivity contribution < 1.29 is 57.1 Å². The number of rotatable bonds is 20. The van der Waals surface area contributed by atoms with E-state index in [9.17, 15) is 28.8 Å². The first kappa shape index (κ1) is 63.5. The lowest BCUT2D eigenvalue weighted by Gasteiger charge is -2.23. The normalized spacial score (nSPS) is 16.4. The van der Waals surface area contributed by atoms with Gasteiger partial charge in [-0.3, -0.25) is 28.8 Å². The van der Waals surface area contributed by atoms with Gasteiger partial charge < -0.3 is 57.9 Å². The molecule has 20 nitrogen and oxygen atoms in total. The van der Waals surface area contributed by atoms with Crippen molar-refractivity contribution in [2.75, 3.05) is 37.9 Å². The Labute approximate surface area is 531 Å². The van der Waals surface area contributed by atoms with Gasteiger partial charge in [0.05, 0.1) is 82.5 Å². The summed E-state index contributed by atoms with van der Waals surface area (Å²) < 4.78 is 31.1. The second kappa shape index (κ2) is 28.3. The number of methoxy groups -OCH3 is 2. The molecule has 3 N–H and O–H groups in total. The number of amides is 4. The van der Waals surface area contributed by atoms with E-state index in [1.807, 2.05) is 102 Å². The fourth-order valence-corrected chi connectivity index (χ4v) is 12.0. The molecule has 2 saturated heterocycles. The lowest BCUT2D eigenvalue weighted by atomic mass is 10.1. The molecule has 9 aromatic rings. The van der Waals surface area contributed by atoms with Crippen LogP contribution in [0.15, 0.2) is 137 Å². The minimum atomic E-state index is -0.935. The molecule has 4 aromatic heterocycles. The lowest BCUT2D eigenvalue weighted by Crippen LogP contribution is -2.33. The molecule has 24 heteroatoms. The molecule has 462 valence electrons. The maximum atomic E-state index is 13.7. The summed E-state index contributed by atoms with van der Waals surface area (Å²) in [5.41, 5.74) is 6.58. The molecule has 0 bridgehead atoms. The minimum Gasteiger partial charge on any atom is -0.481 e. The molecule has 2 aliphatic rings. The van der Waals surface area contributed by atoms with Crippen LogP contribution in [0.25, 0.3) is 21.8 Å². The van der Waals surface area contributed by atoms with Crippen molar-refractivity contribution in [2.45, 2.75) is 82.3 Å². The van der Waals surface area contributed by atoms with E-state index in [0.29, 0.717) is 93.9 Å². The van der Waals surface area contributed by atoms with E-state index >= 15 is 0 Å². The van der Waals surface area contributed by atoms with Crippen LogP contribution >= 0.6 is 46.4 Å². The van der Waals surface area contributed by atoms with Gasteiger partial charge >= 0.3 is 11.9 Å². The Balaban J connectivity index is 0.000000199. The summed E-state index contributed by atoms with van der Waals surface area (Å²) in [6.07, 6.45) is 4.67. The summed E-state index contributed by atoms with van der Waals surface area (Å²) in [5, 5.41) is 25.7. The van der Waals surface area contributed by atoms with Crippen LogP contribution in [0.3, 0.4) is 0 Å². The van der Waals surface area contributed by atoms with Crippen molar-refractivity contribution in [3.63, 3.8) is 0 Å². The van der Waals surface area contributed by atoms with Gasteiger partial charge in [0, 0.05) is 123 Å². The highest BCUT2D eigenvalue weighted by Gasteiger charge is 2.40. The second-order valence-corrected chi connectivity index (χ2v) is 23.4. The molecule has 0 unspecified atom stereocenters. The highest BCUT2D eigenvalue weighted by atomic mass is 35.5. The zero-order valence-electron chi connectivity index (χ0n) is 48.8. The summed E-state index contributed by atoms with van der Waals surface area (Å²) in [6.45, 7) is 0.914. The Kier molecular flexibility index (Phi) is 20.2. The van der Waals surface area contributed by atoms with Gasteiger partial charge in [0.25, 0.3) is 11.8 Å². The quantitative estimate of drug-likeness (QED) is 0.0601. The molecule has 2 aliphatic heterocycles. The van der Waals surface area contributed by atoms with Crippen LogP contribution in [0.4, 0.5) is 11.4 Å². The molecule has 0 saturated carbocycles. The van der Waals surface area contributed by atoms with Gasteiger partial charge in [-0.25, -0.2) is 0 Å². The molecule has 4 amide bonds. The largest absolute Gasteiger partial charge is 0.481 e. The van der Waals surface area contributed by atoms with Crippen molar-refractivity contribution >= 4 is 115 Å². The molecule has 0 spiro atoms. The number of halogens is 4. The molecule has 2 fully saturated rings. The monoisotopic (exact) mass is 1290 g/mol. The summed E-state index contributed by atoms with van der Waals surface area (Å²) in [4.78, 5) is 80.0. The molecule has 11 rings (SSSR count). The summed E-state index contributed by atoms with van der Waals surface area (Å²) in [6, 6.07) is 33.6. The van der Waals surface area contributed by atoms with E-state index in [1.54, 1.807) is 72.8 Å². The number of carbonyl (C=O) groups is 6. The molecule has 0 aliphatic carbocycles. The van der Waals surface area contributed by atoms with E-state index in [1.165, 1.54) is 0 Å². The molecule has 5 aromatic carbocycles. The number of aromatic nitrogens is 4. The van der Waals surface area contributed by atoms with Crippen molar-refractivity contribution in [3.05, 3.63) is 198 Å². The van der Waals surface area contributed by atoms with Gasteiger partial charge in [0.1, 0.15) is 29.5 Å². The number of ether oxygens (including phenoxy) is 3. The highest BCUT2D eigenvalue weighted by Crippen LogP contribution is 2.38. The number of benzene rings is 5. The van der Waals surface area contributed by atoms with Crippen LogP contribution in [0, 0.1) is 0 Å². The average Bonchev–Trinajstić information content (AvgIpc) is 2.28. The molecule has 89 heavy (non-hydrogen) atoms. The van der Waals surface area contributed by atoms with Crippen LogP contribution in [0.1, 0.15) is 98.1 Å². The standard InChI is InChI=1S/C36H34Cl2N4O6.C29H28Cl2N4O6/c1-41-20-27(26-10-6-7-11-32(26)41)36(45)39-30-18-28(37)23(14-29(30)38)15-34(43)42-19-25(46-2)17-33(42)31-16-24(48-40-31)12-13-35(44)47-21-22-8-4-3-5-9-22;1-34-15-20(19-5-3-4-6-25(19)34)29(39)32-23-13-21(30)16(9-22(23)31)10-27(36)35-14-18(40-2)12-26(35)24-11-17(41-33-24)7-8-28(37)38/h3-11,14,16,18,20,25,33H,12-13,15,17,19,21H2,1-2H3,(H,39,45);3-6,9,11,13,15,18,26H,7-8,10,12,14H2,1-2H3,(H,32,39)(H,37,38)/t25-,33-;18-,26-/m00/s1. The number of carboxylic acids is 1. The van der Waals surface area contributed by atoms with E-state index < -0.39 is 18.1 Å². The Bertz CT molecular complexity index is 4110. The zero-order chi connectivity index (χ0) is 63.0. The van der Waals surface area contributed by atoms with Crippen LogP contribution in [0.5, 0.6) is 0 Å². The fourth-order valence-electron chi connectivity index (χ4n) is 11.1. The van der Waals surface area contributed by atoms with Crippen molar-refractivity contribution in [1.82, 2.24) is 29.2 Å². The number of hydrogen-bond donors (Lipinski definition) is 3. The Hall–Kier alpha value is -8.50. The minimum absolute atomic E-state index is 0.0268. The molecule has 6 heterocycles. The van der Waals surface area contributed by atoms with E-state index in [2.05, 4.69) is 20.9 Å². The Morgan fingerprint density at radius 2 is 1.02 bits per heavy atom. The smallest absolute Gasteiger partial charge is 0.306 e. The van der Waals surface area contributed by atoms with Crippen LogP contribution in [0.2, 0.25) is 20.1 Å². The third kappa shape index (κ3) is 15.0. The third-order valence-corrected chi connectivity index (χ3v) is 17.1. The number of nitrogens with one attached hydrogen (secondary N) is 2. The first-order valence-electron chi connectivity index (χ1n) is 28.5. The van der Waals surface area contributed by atoms with E-state index in [0.717, 1.165) is 27.4 Å². The number of fused-ring (bicyclic) bond motifs is 2. The van der Waals surface area contributed by atoms with Crippen LogP contribution < -0.4 is 10.6 Å². The fraction of sp³-hybridized carbons (Fsp3) is 0.292. The number of esters is 1. The van der Waals surface area contributed by atoms with E-state index in [-0.39, 0.29) is 95.6 Å². The Morgan fingerprint density at radius 3 is 1.47 bits per heavy atom. The zero-order valence-corrected chi connectivity index (χ0v) is 51.9. The number of aryl methyl sites for hydroxylation is 4. The number of likely N-dealkylation sites (tertiary alicyclic amines) is 2. The number of nitrogens with zero attached hydrogens (tertiary/aromatic N) is 6.